The summed E-state index contributed by atoms with van der Waals surface area (Å²) < 4.78 is 67.7. The van der Waals surface area contributed by atoms with Crippen LogP contribution in [0, 0.1) is 6.92 Å². The Kier molecular flexibility index (Phi) is 6.25. The van der Waals surface area contributed by atoms with E-state index in [2.05, 4.69) is 15.5 Å². The number of benzene rings is 2. The molecule has 1 aliphatic heterocycles. The Morgan fingerprint density at radius 3 is 2.52 bits per heavy atom. The molecule has 1 fully saturated rings. The molecule has 0 aliphatic carbocycles. The molecule has 0 saturated carbocycles. The van der Waals surface area contributed by atoms with Gasteiger partial charge in [-0.05, 0) is 44.0 Å². The molecule has 12 heteroatoms. The molecular formula is C21H19F3N4O3S2. The maximum absolute atomic E-state index is 13.4. The average Bonchev–Trinajstić information content (AvgIpc) is 3.44. The first kappa shape index (κ1) is 23.3. The number of hydrogen-bond donors (Lipinski definition) is 1. The maximum Gasteiger partial charge on any atom is 0.417 e. The molecule has 174 valence electrons. The van der Waals surface area contributed by atoms with Crippen molar-refractivity contribution < 1.29 is 26.4 Å². The number of nitrogens with zero attached hydrogens (tertiary/aromatic N) is 3. The van der Waals surface area contributed by atoms with E-state index in [-0.39, 0.29) is 16.6 Å². The average molecular weight is 497 g/mol. The van der Waals surface area contributed by atoms with Crippen LogP contribution in [0.1, 0.15) is 44.8 Å². The number of carbonyl (C=O) groups excluding carboxylic acids is 1. The van der Waals surface area contributed by atoms with E-state index in [0.29, 0.717) is 18.5 Å². The van der Waals surface area contributed by atoms with Crippen molar-refractivity contribution in [1.29, 1.82) is 0 Å². The van der Waals surface area contributed by atoms with E-state index in [4.69, 9.17) is 0 Å². The number of aryl methyl sites for hydroxylation is 1. The summed E-state index contributed by atoms with van der Waals surface area (Å²) in [5.41, 5.74) is 0.378. The number of anilines is 1. The van der Waals surface area contributed by atoms with Gasteiger partial charge in [-0.3, -0.25) is 4.79 Å². The molecule has 0 radical (unpaired) electrons. The number of alkyl halides is 3. The minimum absolute atomic E-state index is 0.0329. The van der Waals surface area contributed by atoms with Crippen LogP contribution in [0.3, 0.4) is 0 Å². The van der Waals surface area contributed by atoms with E-state index < -0.39 is 38.6 Å². The van der Waals surface area contributed by atoms with Gasteiger partial charge in [0.15, 0.2) is 0 Å². The Morgan fingerprint density at radius 1 is 1.12 bits per heavy atom. The third-order valence-corrected chi connectivity index (χ3v) is 8.20. The number of nitrogens with one attached hydrogen (secondary N) is 1. The standard InChI is InChI=1S/C21H19F3N4O3S2/c1-13-8-10-14(11-9-13)25-18(29)20-27-26-19(32-20)16-6-4-12-28(16)33(30,31)17-7-3-2-5-15(17)21(22,23)24/h2-3,5,7-11,16H,4,6,12H2,1H3,(H,25,29)/t16-/m0/s1. The Labute approximate surface area is 192 Å². The summed E-state index contributed by atoms with van der Waals surface area (Å²) in [7, 11) is -4.46. The smallest absolute Gasteiger partial charge is 0.320 e. The summed E-state index contributed by atoms with van der Waals surface area (Å²) in [6, 6.07) is 10.4. The summed E-state index contributed by atoms with van der Waals surface area (Å²) >= 11 is 0.923. The van der Waals surface area contributed by atoms with E-state index in [1.54, 1.807) is 12.1 Å². The van der Waals surface area contributed by atoms with E-state index in [1.165, 1.54) is 6.07 Å². The fourth-order valence-electron chi connectivity index (χ4n) is 3.61. The predicted molar refractivity (Wildman–Crippen MR) is 116 cm³/mol. The fourth-order valence-corrected chi connectivity index (χ4v) is 6.44. The molecule has 0 unspecified atom stereocenters. The number of aromatic nitrogens is 2. The van der Waals surface area contributed by atoms with Crippen molar-refractivity contribution in [1.82, 2.24) is 14.5 Å². The van der Waals surface area contributed by atoms with Gasteiger partial charge in [-0.15, -0.1) is 10.2 Å². The topological polar surface area (TPSA) is 92.3 Å². The van der Waals surface area contributed by atoms with Crippen molar-refractivity contribution >= 4 is 33.0 Å². The molecule has 1 amide bonds. The second kappa shape index (κ2) is 8.84. The molecule has 1 aliphatic rings. The molecule has 1 atom stereocenters. The van der Waals surface area contributed by atoms with Gasteiger partial charge in [0.2, 0.25) is 15.0 Å². The minimum Gasteiger partial charge on any atom is -0.320 e. The van der Waals surface area contributed by atoms with Crippen molar-refractivity contribution in [3.63, 3.8) is 0 Å². The fraction of sp³-hybridized carbons (Fsp3) is 0.286. The molecule has 33 heavy (non-hydrogen) atoms. The second-order valence-corrected chi connectivity index (χ2v) is 10.4. The van der Waals surface area contributed by atoms with Crippen LogP contribution in [0.15, 0.2) is 53.4 Å². The number of amides is 1. The predicted octanol–water partition coefficient (Wildman–Crippen LogP) is 4.64. The van der Waals surface area contributed by atoms with Gasteiger partial charge in [-0.1, -0.05) is 41.2 Å². The molecule has 1 saturated heterocycles. The van der Waals surface area contributed by atoms with Gasteiger partial charge in [0, 0.05) is 12.2 Å². The number of rotatable bonds is 5. The summed E-state index contributed by atoms with van der Waals surface area (Å²) in [6.45, 7) is 1.96. The second-order valence-electron chi connectivity index (χ2n) is 7.53. The maximum atomic E-state index is 13.4. The number of carbonyl (C=O) groups is 1. The summed E-state index contributed by atoms with van der Waals surface area (Å²) in [4.78, 5) is 11.7. The first-order valence-corrected chi connectivity index (χ1v) is 12.2. The molecule has 3 aromatic rings. The summed E-state index contributed by atoms with van der Waals surface area (Å²) in [5, 5.41) is 10.8. The summed E-state index contributed by atoms with van der Waals surface area (Å²) in [5.74, 6) is -0.502. The molecule has 1 aromatic heterocycles. The lowest BCUT2D eigenvalue weighted by atomic mass is 10.2. The van der Waals surface area contributed by atoms with Crippen LogP contribution in [0.5, 0.6) is 0 Å². The lowest BCUT2D eigenvalue weighted by molar-refractivity contribution is -0.139. The largest absolute Gasteiger partial charge is 0.417 e. The van der Waals surface area contributed by atoms with Gasteiger partial charge in [0.25, 0.3) is 5.91 Å². The van der Waals surface area contributed by atoms with Crippen molar-refractivity contribution in [2.75, 3.05) is 11.9 Å². The van der Waals surface area contributed by atoms with Gasteiger partial charge < -0.3 is 5.32 Å². The van der Waals surface area contributed by atoms with Crippen molar-refractivity contribution in [3.8, 4) is 0 Å². The zero-order chi connectivity index (χ0) is 23.8. The van der Waals surface area contributed by atoms with Gasteiger partial charge >= 0.3 is 6.18 Å². The zero-order valence-corrected chi connectivity index (χ0v) is 19.0. The zero-order valence-electron chi connectivity index (χ0n) is 17.3. The Hall–Kier alpha value is -2.83. The molecule has 2 heterocycles. The Morgan fingerprint density at radius 2 is 1.82 bits per heavy atom. The molecule has 4 rings (SSSR count). The molecular weight excluding hydrogens is 477 g/mol. The normalized spacial score (nSPS) is 17.3. The van der Waals surface area contributed by atoms with Crippen LogP contribution in [-0.2, 0) is 16.2 Å². The SMILES string of the molecule is Cc1ccc(NC(=O)c2nnc([C@@H]3CCCN3S(=O)(=O)c3ccccc3C(F)(F)F)s2)cc1. The minimum atomic E-state index is -4.82. The molecule has 1 N–H and O–H groups in total. The first-order chi connectivity index (χ1) is 15.6. The monoisotopic (exact) mass is 496 g/mol. The van der Waals surface area contributed by atoms with Gasteiger partial charge in [0.05, 0.1) is 16.5 Å². The van der Waals surface area contributed by atoms with Crippen molar-refractivity contribution in [3.05, 3.63) is 69.7 Å². The van der Waals surface area contributed by atoms with Crippen LogP contribution in [-0.4, -0.2) is 35.4 Å². The molecule has 0 spiro atoms. The van der Waals surface area contributed by atoms with Gasteiger partial charge in [0.1, 0.15) is 5.01 Å². The highest BCUT2D eigenvalue weighted by Gasteiger charge is 2.43. The van der Waals surface area contributed by atoms with Gasteiger partial charge in [-0.25, -0.2) is 8.42 Å². The van der Waals surface area contributed by atoms with Gasteiger partial charge in [-0.2, -0.15) is 17.5 Å². The highest BCUT2D eigenvalue weighted by Crippen LogP contribution is 2.41. The Bertz CT molecular complexity index is 1270. The van der Waals surface area contributed by atoms with Crippen molar-refractivity contribution in [2.24, 2.45) is 0 Å². The highest BCUT2D eigenvalue weighted by molar-refractivity contribution is 7.89. The summed E-state index contributed by atoms with van der Waals surface area (Å²) in [6.07, 6.45) is -4.01. The van der Waals surface area contributed by atoms with Crippen LogP contribution in [0.25, 0.3) is 0 Å². The molecule has 2 aromatic carbocycles. The van der Waals surface area contributed by atoms with Crippen LogP contribution < -0.4 is 5.32 Å². The number of halogens is 3. The van der Waals surface area contributed by atoms with E-state index in [0.717, 1.165) is 39.4 Å². The highest BCUT2D eigenvalue weighted by atomic mass is 32.2. The Balaban J connectivity index is 1.59. The van der Waals surface area contributed by atoms with E-state index in [1.807, 2.05) is 19.1 Å². The van der Waals surface area contributed by atoms with Crippen LogP contribution in [0.4, 0.5) is 18.9 Å². The number of hydrogen-bond acceptors (Lipinski definition) is 6. The van der Waals surface area contributed by atoms with Crippen LogP contribution in [0.2, 0.25) is 0 Å². The third-order valence-electron chi connectivity index (χ3n) is 5.21. The van der Waals surface area contributed by atoms with E-state index in [9.17, 15) is 26.4 Å². The number of sulfonamides is 1. The lowest BCUT2D eigenvalue weighted by Gasteiger charge is -2.24. The molecule has 7 nitrogen and oxygen atoms in total. The van der Waals surface area contributed by atoms with E-state index >= 15 is 0 Å². The van der Waals surface area contributed by atoms with Crippen LogP contribution >= 0.6 is 11.3 Å². The lowest BCUT2D eigenvalue weighted by Crippen LogP contribution is -2.32. The van der Waals surface area contributed by atoms with Crippen molar-refractivity contribution in [2.45, 2.75) is 36.9 Å². The molecule has 0 bridgehead atoms. The first-order valence-electron chi connectivity index (χ1n) is 9.97. The quantitative estimate of drug-likeness (QED) is 0.556. The third kappa shape index (κ3) is 4.77.